The highest BCUT2D eigenvalue weighted by Gasteiger charge is 2.08. The normalized spacial score (nSPS) is 10.1. The first-order chi connectivity index (χ1) is 6.16. The topological polar surface area (TPSA) is 48.1 Å². The van der Waals surface area contributed by atoms with Gasteiger partial charge in [0.05, 0.1) is 16.8 Å². The van der Waals surface area contributed by atoms with E-state index in [4.69, 9.17) is 10.5 Å². The fourth-order valence-electron chi connectivity index (χ4n) is 0.761. The number of nitrogen functional groups attached to an aromatic ring is 1. The molecule has 0 saturated carbocycles. The van der Waals surface area contributed by atoms with Crippen molar-refractivity contribution in [3.05, 3.63) is 15.1 Å². The first-order valence-electron chi connectivity index (χ1n) is 3.89. The summed E-state index contributed by atoms with van der Waals surface area (Å²) >= 11 is 6.59. The molecule has 0 saturated heterocycles. The molecule has 0 fully saturated rings. The van der Waals surface area contributed by atoms with E-state index in [1.165, 1.54) is 0 Å². The lowest BCUT2D eigenvalue weighted by molar-refractivity contribution is 0.303. The Labute approximate surface area is 93.9 Å². The summed E-state index contributed by atoms with van der Waals surface area (Å²) in [6.07, 6.45) is 2.58. The van der Waals surface area contributed by atoms with Crippen molar-refractivity contribution in [2.45, 2.75) is 13.3 Å². The van der Waals surface area contributed by atoms with Crippen molar-refractivity contribution in [1.29, 1.82) is 0 Å². The van der Waals surface area contributed by atoms with Crippen molar-refractivity contribution >= 4 is 37.5 Å². The number of pyridine rings is 1. The average Bonchev–Trinajstić information content (AvgIpc) is 2.13. The number of ether oxygens (including phenoxy) is 1. The lowest BCUT2D eigenvalue weighted by Crippen LogP contribution is -2.00. The van der Waals surface area contributed by atoms with Crippen LogP contribution in [0, 0.1) is 0 Å². The third-order valence-electron chi connectivity index (χ3n) is 1.42. The van der Waals surface area contributed by atoms with Crippen molar-refractivity contribution < 1.29 is 4.74 Å². The van der Waals surface area contributed by atoms with Gasteiger partial charge in [-0.25, -0.2) is 4.98 Å². The zero-order valence-electron chi connectivity index (χ0n) is 7.18. The van der Waals surface area contributed by atoms with Crippen LogP contribution in [0.1, 0.15) is 13.3 Å². The largest absolute Gasteiger partial charge is 0.477 e. The standard InChI is InChI=1S/C8H10Br2N2O/c1-2-3-13-8-6(10)7(11)5(9)4-12-8/h4H,2-3H2,1H3,(H2,11,12). The fourth-order valence-corrected chi connectivity index (χ4v) is 1.76. The van der Waals surface area contributed by atoms with E-state index in [1.54, 1.807) is 6.20 Å². The van der Waals surface area contributed by atoms with Gasteiger partial charge >= 0.3 is 0 Å². The van der Waals surface area contributed by atoms with E-state index < -0.39 is 0 Å². The first-order valence-corrected chi connectivity index (χ1v) is 5.47. The van der Waals surface area contributed by atoms with Gasteiger partial charge in [-0.2, -0.15) is 0 Å². The lowest BCUT2D eigenvalue weighted by atomic mass is 10.4. The minimum atomic E-state index is 0.544. The van der Waals surface area contributed by atoms with Crippen molar-refractivity contribution in [3.63, 3.8) is 0 Å². The second kappa shape index (κ2) is 4.81. The molecule has 72 valence electrons. The van der Waals surface area contributed by atoms with Gasteiger partial charge in [-0.05, 0) is 38.3 Å². The molecule has 0 atom stereocenters. The summed E-state index contributed by atoms with van der Waals surface area (Å²) in [5, 5.41) is 0. The zero-order chi connectivity index (χ0) is 9.84. The number of rotatable bonds is 3. The Balaban J connectivity index is 2.90. The van der Waals surface area contributed by atoms with Crippen LogP contribution in [0.5, 0.6) is 5.88 Å². The molecule has 0 bridgehead atoms. The van der Waals surface area contributed by atoms with E-state index in [1.807, 2.05) is 6.92 Å². The predicted octanol–water partition coefficient (Wildman–Crippen LogP) is 2.98. The van der Waals surface area contributed by atoms with Crippen molar-refractivity contribution in [1.82, 2.24) is 4.98 Å². The van der Waals surface area contributed by atoms with Gasteiger partial charge in [-0.1, -0.05) is 6.92 Å². The molecule has 2 N–H and O–H groups in total. The van der Waals surface area contributed by atoms with Crippen LogP contribution in [-0.4, -0.2) is 11.6 Å². The smallest absolute Gasteiger partial charge is 0.230 e. The summed E-state index contributed by atoms with van der Waals surface area (Å²) in [4.78, 5) is 4.08. The molecule has 0 radical (unpaired) electrons. The number of nitrogens with two attached hydrogens (primary N) is 1. The molecule has 13 heavy (non-hydrogen) atoms. The third-order valence-corrected chi connectivity index (χ3v) is 2.82. The highest BCUT2D eigenvalue weighted by Crippen LogP contribution is 2.33. The summed E-state index contributed by atoms with van der Waals surface area (Å²) in [5.41, 5.74) is 6.35. The van der Waals surface area contributed by atoms with E-state index in [9.17, 15) is 0 Å². The maximum Gasteiger partial charge on any atom is 0.230 e. The predicted molar refractivity (Wildman–Crippen MR) is 59.8 cm³/mol. The van der Waals surface area contributed by atoms with Crippen LogP contribution >= 0.6 is 31.9 Å². The highest BCUT2D eigenvalue weighted by atomic mass is 79.9. The second-order valence-electron chi connectivity index (χ2n) is 2.49. The molecule has 3 nitrogen and oxygen atoms in total. The number of halogens is 2. The monoisotopic (exact) mass is 308 g/mol. The van der Waals surface area contributed by atoms with Gasteiger partial charge in [-0.15, -0.1) is 0 Å². The maximum absolute atomic E-state index is 5.74. The minimum absolute atomic E-state index is 0.544. The van der Waals surface area contributed by atoms with E-state index >= 15 is 0 Å². The number of aromatic nitrogens is 1. The maximum atomic E-state index is 5.74. The molecule has 0 aliphatic rings. The molecule has 1 rings (SSSR count). The molecule has 0 aliphatic carbocycles. The Kier molecular flexibility index (Phi) is 3.99. The van der Waals surface area contributed by atoms with E-state index in [-0.39, 0.29) is 0 Å². The van der Waals surface area contributed by atoms with Gasteiger partial charge in [0.25, 0.3) is 0 Å². The Hall–Kier alpha value is -0.290. The van der Waals surface area contributed by atoms with Gasteiger partial charge in [0.1, 0.15) is 4.47 Å². The average molecular weight is 310 g/mol. The van der Waals surface area contributed by atoms with E-state index in [0.717, 1.165) is 10.9 Å². The Morgan fingerprint density at radius 2 is 2.23 bits per heavy atom. The fraction of sp³-hybridized carbons (Fsp3) is 0.375. The number of hydrogen-bond donors (Lipinski definition) is 1. The van der Waals surface area contributed by atoms with Crippen LogP contribution in [0.3, 0.4) is 0 Å². The molecule has 5 heteroatoms. The molecular weight excluding hydrogens is 300 g/mol. The number of anilines is 1. The van der Waals surface area contributed by atoms with Crippen molar-refractivity contribution in [3.8, 4) is 5.88 Å². The van der Waals surface area contributed by atoms with E-state index in [2.05, 4.69) is 36.8 Å². The van der Waals surface area contributed by atoms with Crippen molar-refractivity contribution in [2.75, 3.05) is 12.3 Å². The van der Waals surface area contributed by atoms with Crippen LogP contribution in [-0.2, 0) is 0 Å². The third kappa shape index (κ3) is 2.57. The summed E-state index contributed by atoms with van der Waals surface area (Å²) in [6.45, 7) is 2.68. The molecule has 0 aliphatic heterocycles. The Morgan fingerprint density at radius 3 is 2.85 bits per heavy atom. The first kappa shape index (κ1) is 10.8. The van der Waals surface area contributed by atoms with Crippen LogP contribution in [0.2, 0.25) is 0 Å². The lowest BCUT2D eigenvalue weighted by Gasteiger charge is -2.08. The second-order valence-corrected chi connectivity index (χ2v) is 4.13. The van der Waals surface area contributed by atoms with Crippen molar-refractivity contribution in [2.24, 2.45) is 0 Å². The molecule has 1 heterocycles. The summed E-state index contributed by atoms with van der Waals surface area (Å²) < 4.78 is 6.83. The van der Waals surface area contributed by atoms with Gasteiger partial charge in [-0.3, -0.25) is 0 Å². The highest BCUT2D eigenvalue weighted by molar-refractivity contribution is 9.11. The van der Waals surface area contributed by atoms with Crippen LogP contribution in [0.15, 0.2) is 15.1 Å². The SMILES string of the molecule is CCCOc1ncc(Br)c(N)c1Br. The van der Waals surface area contributed by atoms with Gasteiger partial charge in [0, 0.05) is 6.20 Å². The van der Waals surface area contributed by atoms with Crippen LogP contribution in [0.4, 0.5) is 5.69 Å². The van der Waals surface area contributed by atoms with Gasteiger partial charge in [0.15, 0.2) is 0 Å². The van der Waals surface area contributed by atoms with Crippen LogP contribution in [0.25, 0.3) is 0 Å². The molecular formula is C8H10Br2N2O. The zero-order valence-corrected chi connectivity index (χ0v) is 10.4. The molecule has 0 amide bonds. The summed E-state index contributed by atoms with van der Waals surface area (Å²) in [7, 11) is 0. The summed E-state index contributed by atoms with van der Waals surface area (Å²) in [5.74, 6) is 0.544. The quantitative estimate of drug-likeness (QED) is 0.934. The minimum Gasteiger partial charge on any atom is -0.477 e. The van der Waals surface area contributed by atoms with Crippen LogP contribution < -0.4 is 10.5 Å². The van der Waals surface area contributed by atoms with Gasteiger partial charge < -0.3 is 10.5 Å². The molecule has 1 aromatic heterocycles. The molecule has 1 aromatic rings. The van der Waals surface area contributed by atoms with E-state index in [0.29, 0.717) is 22.6 Å². The number of nitrogens with zero attached hydrogens (tertiary/aromatic N) is 1. The molecule has 0 aromatic carbocycles. The van der Waals surface area contributed by atoms with Gasteiger partial charge in [0.2, 0.25) is 5.88 Å². The Morgan fingerprint density at radius 1 is 1.54 bits per heavy atom. The number of hydrogen-bond acceptors (Lipinski definition) is 3. The Bertz CT molecular complexity index is 304. The molecule has 0 unspecified atom stereocenters. The molecule has 0 spiro atoms. The summed E-state index contributed by atoms with van der Waals surface area (Å²) in [6, 6.07) is 0.